The third-order valence-corrected chi connectivity index (χ3v) is 6.77. The van der Waals surface area contributed by atoms with E-state index in [0.29, 0.717) is 11.7 Å². The molecule has 3 amide bonds. The fraction of sp³-hybridized carbons (Fsp3) is 0.895. The van der Waals surface area contributed by atoms with E-state index in [4.69, 9.17) is 0 Å². The number of unbranched alkanes of at least 4 members (excludes halogenated alkanes) is 1. The maximum Gasteiger partial charge on any atom is 0.315 e. The summed E-state index contributed by atoms with van der Waals surface area (Å²) >= 11 is 1.94. The molecular weight excluding hydrogens is 362 g/mol. The summed E-state index contributed by atoms with van der Waals surface area (Å²) < 4.78 is 0. The standard InChI is InChI=1S/C19H37N5O2S/c1-3-20-10-6-12-24(2)13-7-11-21-17(25)9-5-4-8-16-18-15(14-27-16)22-19(26)23-18/h15-16,18,20H,3-14H2,1-2H3,(H,21,25)(H2,22,23,26). The van der Waals surface area contributed by atoms with Crippen LogP contribution in [0.4, 0.5) is 4.79 Å². The molecule has 156 valence electrons. The lowest BCUT2D eigenvalue weighted by atomic mass is 10.0. The molecular formula is C19H37N5O2S. The number of amides is 3. The van der Waals surface area contributed by atoms with Gasteiger partial charge in [0.25, 0.3) is 0 Å². The third kappa shape index (κ3) is 8.27. The van der Waals surface area contributed by atoms with E-state index in [1.54, 1.807) is 0 Å². The Morgan fingerprint density at radius 2 is 1.96 bits per heavy atom. The number of carbonyl (C=O) groups excluding carboxylic acids is 2. The van der Waals surface area contributed by atoms with Gasteiger partial charge in [0.15, 0.2) is 0 Å². The molecule has 3 atom stereocenters. The summed E-state index contributed by atoms with van der Waals surface area (Å²) in [4.78, 5) is 25.7. The largest absolute Gasteiger partial charge is 0.356 e. The topological polar surface area (TPSA) is 85.5 Å². The smallest absolute Gasteiger partial charge is 0.315 e. The zero-order valence-corrected chi connectivity index (χ0v) is 17.7. The molecule has 8 heteroatoms. The van der Waals surface area contributed by atoms with Crippen molar-refractivity contribution in [2.45, 2.75) is 62.8 Å². The van der Waals surface area contributed by atoms with Crippen LogP contribution in [0.3, 0.4) is 0 Å². The van der Waals surface area contributed by atoms with Gasteiger partial charge in [-0.2, -0.15) is 11.8 Å². The van der Waals surface area contributed by atoms with Gasteiger partial charge in [-0.05, 0) is 58.9 Å². The van der Waals surface area contributed by atoms with E-state index in [1.165, 1.54) is 0 Å². The number of thioether (sulfide) groups is 1. The van der Waals surface area contributed by atoms with Crippen LogP contribution in [0.1, 0.15) is 45.4 Å². The van der Waals surface area contributed by atoms with Gasteiger partial charge < -0.3 is 26.2 Å². The van der Waals surface area contributed by atoms with Crippen LogP contribution in [0.25, 0.3) is 0 Å². The molecule has 2 aliphatic rings. The van der Waals surface area contributed by atoms with Crippen molar-refractivity contribution in [3.8, 4) is 0 Å². The van der Waals surface area contributed by atoms with Gasteiger partial charge in [-0.1, -0.05) is 13.3 Å². The first-order valence-corrected chi connectivity index (χ1v) is 11.5. The fourth-order valence-corrected chi connectivity index (χ4v) is 5.25. The molecule has 0 saturated carbocycles. The molecule has 3 unspecified atom stereocenters. The van der Waals surface area contributed by atoms with E-state index in [0.717, 1.165) is 70.6 Å². The first kappa shape index (κ1) is 22.3. The van der Waals surface area contributed by atoms with Crippen LogP contribution in [0.5, 0.6) is 0 Å². The molecule has 0 aromatic carbocycles. The number of hydrogen-bond donors (Lipinski definition) is 4. The predicted molar refractivity (Wildman–Crippen MR) is 112 cm³/mol. The Morgan fingerprint density at radius 3 is 2.74 bits per heavy atom. The van der Waals surface area contributed by atoms with E-state index in [2.05, 4.69) is 40.1 Å². The third-order valence-electron chi connectivity index (χ3n) is 5.26. The van der Waals surface area contributed by atoms with Gasteiger partial charge >= 0.3 is 6.03 Å². The van der Waals surface area contributed by atoms with Crippen LogP contribution < -0.4 is 21.3 Å². The number of nitrogens with one attached hydrogen (secondary N) is 4. The quantitative estimate of drug-likeness (QED) is 0.260. The average Bonchev–Trinajstić information content (AvgIpc) is 3.19. The molecule has 4 N–H and O–H groups in total. The first-order valence-electron chi connectivity index (χ1n) is 10.4. The maximum atomic E-state index is 11.9. The lowest BCUT2D eigenvalue weighted by molar-refractivity contribution is -0.121. The molecule has 0 bridgehead atoms. The molecule has 2 saturated heterocycles. The van der Waals surface area contributed by atoms with Crippen molar-refractivity contribution in [2.75, 3.05) is 45.5 Å². The van der Waals surface area contributed by atoms with Crippen molar-refractivity contribution < 1.29 is 9.59 Å². The van der Waals surface area contributed by atoms with Crippen molar-refractivity contribution in [2.24, 2.45) is 0 Å². The van der Waals surface area contributed by atoms with Gasteiger partial charge in [0.1, 0.15) is 0 Å². The molecule has 2 heterocycles. The van der Waals surface area contributed by atoms with Crippen LogP contribution in [-0.4, -0.2) is 79.7 Å². The van der Waals surface area contributed by atoms with Crippen molar-refractivity contribution in [1.82, 2.24) is 26.2 Å². The number of nitrogens with zero attached hydrogens (tertiary/aromatic N) is 1. The second kappa shape index (κ2) is 12.5. The average molecular weight is 400 g/mol. The summed E-state index contributed by atoms with van der Waals surface area (Å²) in [5.41, 5.74) is 0. The summed E-state index contributed by atoms with van der Waals surface area (Å²) in [5, 5.41) is 12.8. The van der Waals surface area contributed by atoms with Crippen LogP contribution in [0.2, 0.25) is 0 Å². The Morgan fingerprint density at radius 1 is 1.19 bits per heavy atom. The lowest BCUT2D eigenvalue weighted by Gasteiger charge is -2.17. The lowest BCUT2D eigenvalue weighted by Crippen LogP contribution is -2.36. The zero-order chi connectivity index (χ0) is 19.5. The summed E-state index contributed by atoms with van der Waals surface area (Å²) in [6, 6.07) is 0.529. The Labute approximate surface area is 168 Å². The summed E-state index contributed by atoms with van der Waals surface area (Å²) in [7, 11) is 2.14. The van der Waals surface area contributed by atoms with Gasteiger partial charge in [0, 0.05) is 24.0 Å². The molecule has 0 spiro atoms. The molecule has 0 aliphatic carbocycles. The van der Waals surface area contributed by atoms with Gasteiger partial charge in [-0.15, -0.1) is 0 Å². The number of hydrogen-bond acceptors (Lipinski definition) is 5. The Hall–Kier alpha value is -0.990. The minimum absolute atomic E-state index is 0.0297. The van der Waals surface area contributed by atoms with E-state index in [9.17, 15) is 9.59 Å². The van der Waals surface area contributed by atoms with Crippen molar-refractivity contribution >= 4 is 23.7 Å². The van der Waals surface area contributed by atoms with E-state index >= 15 is 0 Å². The molecule has 0 radical (unpaired) electrons. The summed E-state index contributed by atoms with van der Waals surface area (Å²) in [6.07, 6.45) is 5.80. The number of rotatable bonds is 14. The van der Waals surface area contributed by atoms with Crippen molar-refractivity contribution in [3.63, 3.8) is 0 Å². The van der Waals surface area contributed by atoms with Crippen LogP contribution in [0, 0.1) is 0 Å². The number of carbonyl (C=O) groups is 2. The molecule has 0 aromatic heterocycles. The number of fused-ring (bicyclic) bond motifs is 1. The highest BCUT2D eigenvalue weighted by atomic mass is 32.2. The van der Waals surface area contributed by atoms with Gasteiger partial charge in [-0.25, -0.2) is 4.79 Å². The van der Waals surface area contributed by atoms with Crippen LogP contribution in [-0.2, 0) is 4.79 Å². The highest BCUT2D eigenvalue weighted by Crippen LogP contribution is 2.33. The van der Waals surface area contributed by atoms with Crippen LogP contribution in [0.15, 0.2) is 0 Å². The molecule has 27 heavy (non-hydrogen) atoms. The Balaban J connectivity index is 1.42. The van der Waals surface area contributed by atoms with E-state index in [-0.39, 0.29) is 24.0 Å². The van der Waals surface area contributed by atoms with E-state index in [1.807, 2.05) is 11.8 Å². The van der Waals surface area contributed by atoms with Gasteiger partial charge in [0.2, 0.25) is 5.91 Å². The Kier molecular flexibility index (Phi) is 10.3. The van der Waals surface area contributed by atoms with Gasteiger partial charge in [-0.3, -0.25) is 4.79 Å². The minimum Gasteiger partial charge on any atom is -0.356 e. The van der Waals surface area contributed by atoms with E-state index < -0.39 is 0 Å². The normalized spacial score (nSPS) is 24.0. The summed E-state index contributed by atoms with van der Waals surface area (Å²) in [6.45, 7) is 7.11. The molecule has 2 fully saturated rings. The van der Waals surface area contributed by atoms with Gasteiger partial charge in [0.05, 0.1) is 12.1 Å². The molecule has 2 aliphatic heterocycles. The SMILES string of the molecule is CCNCCCN(C)CCCNC(=O)CCCCC1SCC2NC(=O)NC21. The second-order valence-corrected chi connectivity index (χ2v) is 8.85. The Bertz CT molecular complexity index is 465. The molecule has 7 nitrogen and oxygen atoms in total. The fourth-order valence-electron chi connectivity index (χ4n) is 3.70. The highest BCUT2D eigenvalue weighted by molar-refractivity contribution is 8.00. The molecule has 0 aromatic rings. The molecule has 2 rings (SSSR count). The minimum atomic E-state index is -0.0297. The predicted octanol–water partition coefficient (Wildman–Crippen LogP) is 1.15. The first-order chi connectivity index (χ1) is 13.1. The summed E-state index contributed by atoms with van der Waals surface area (Å²) in [5.74, 6) is 1.16. The second-order valence-electron chi connectivity index (χ2n) is 7.58. The zero-order valence-electron chi connectivity index (χ0n) is 16.9. The van der Waals surface area contributed by atoms with Crippen molar-refractivity contribution in [3.05, 3.63) is 0 Å². The number of urea groups is 1. The van der Waals surface area contributed by atoms with Crippen LogP contribution >= 0.6 is 11.8 Å². The van der Waals surface area contributed by atoms with Crippen molar-refractivity contribution in [1.29, 1.82) is 0 Å². The monoisotopic (exact) mass is 399 g/mol. The maximum absolute atomic E-state index is 11.9. The highest BCUT2D eigenvalue weighted by Gasteiger charge is 2.42.